The Morgan fingerprint density at radius 2 is 1.97 bits per heavy atom. The molecular weight excluding hydrogens is 448 g/mol. The van der Waals surface area contributed by atoms with Crippen LogP contribution in [-0.2, 0) is 4.79 Å². The summed E-state index contributed by atoms with van der Waals surface area (Å²) in [4.78, 5) is 35.1. The average Bonchev–Trinajstić information content (AvgIpc) is 3.11. The molecule has 4 rings (SSSR count). The van der Waals surface area contributed by atoms with Gasteiger partial charge in [0.25, 0.3) is 11.6 Å². The first-order chi connectivity index (χ1) is 15.5. The van der Waals surface area contributed by atoms with Crippen LogP contribution < -0.4 is 0 Å². The second-order valence-corrected chi connectivity index (χ2v) is 8.85. The summed E-state index contributed by atoms with van der Waals surface area (Å²) in [6.45, 7) is 0. The summed E-state index contributed by atoms with van der Waals surface area (Å²) in [6, 6.07) is 10.1. The van der Waals surface area contributed by atoms with E-state index in [9.17, 15) is 14.9 Å². The predicted molar refractivity (Wildman–Crippen MR) is 128 cm³/mol. The molecule has 1 saturated carbocycles. The Kier molecular flexibility index (Phi) is 7.02. The third kappa shape index (κ3) is 4.92. The number of benzene rings is 1. The predicted octanol–water partition coefficient (Wildman–Crippen LogP) is 6.14. The molecule has 0 bridgehead atoms. The number of allylic oxidation sites excluding steroid dienone is 2. The van der Waals surface area contributed by atoms with Crippen molar-refractivity contribution in [2.45, 2.75) is 38.1 Å². The normalized spacial score (nSPS) is 20.0. The molecule has 1 aliphatic carbocycles. The molecule has 2 fully saturated rings. The van der Waals surface area contributed by atoms with Gasteiger partial charge in [-0.2, -0.15) is 0 Å². The van der Waals surface area contributed by atoms with E-state index in [1.807, 2.05) is 0 Å². The molecule has 0 atom stereocenters. The van der Waals surface area contributed by atoms with Gasteiger partial charge in [-0.05, 0) is 55.0 Å². The molecule has 1 aromatic carbocycles. The fourth-order valence-electron chi connectivity index (χ4n) is 3.84. The molecule has 9 heteroatoms. The summed E-state index contributed by atoms with van der Waals surface area (Å²) >= 11 is 7.47. The van der Waals surface area contributed by atoms with Crippen molar-refractivity contribution in [1.82, 2.24) is 9.88 Å². The molecule has 1 saturated heterocycles. The van der Waals surface area contributed by atoms with Gasteiger partial charge in [-0.1, -0.05) is 49.1 Å². The highest BCUT2D eigenvalue weighted by molar-refractivity contribution is 8.18. The van der Waals surface area contributed by atoms with Gasteiger partial charge in [0, 0.05) is 18.3 Å². The largest absolute Gasteiger partial charge is 0.283 e. The number of para-hydroxylation sites is 1. The van der Waals surface area contributed by atoms with Crippen LogP contribution in [0.4, 0.5) is 11.4 Å². The van der Waals surface area contributed by atoms with Crippen molar-refractivity contribution in [2.24, 2.45) is 4.99 Å². The number of rotatable bonds is 5. The van der Waals surface area contributed by atoms with E-state index in [-0.39, 0.29) is 22.8 Å². The molecule has 0 spiro atoms. The molecule has 1 aliphatic heterocycles. The Hall–Kier alpha value is -2.97. The molecule has 7 nitrogen and oxygen atoms in total. The number of amidine groups is 1. The highest BCUT2D eigenvalue weighted by Gasteiger charge is 2.38. The molecule has 164 valence electrons. The van der Waals surface area contributed by atoms with E-state index in [0.29, 0.717) is 21.3 Å². The van der Waals surface area contributed by atoms with Crippen LogP contribution in [0.15, 0.2) is 64.6 Å². The van der Waals surface area contributed by atoms with Crippen molar-refractivity contribution in [2.75, 3.05) is 0 Å². The smallest absolute Gasteiger partial charge is 0.276 e. The van der Waals surface area contributed by atoms with Gasteiger partial charge in [0.15, 0.2) is 10.3 Å². The van der Waals surface area contributed by atoms with E-state index in [4.69, 9.17) is 11.6 Å². The second kappa shape index (κ2) is 10.1. The Bertz CT molecular complexity index is 1130. The zero-order valence-electron chi connectivity index (χ0n) is 17.2. The molecule has 2 heterocycles. The van der Waals surface area contributed by atoms with Crippen molar-refractivity contribution in [3.63, 3.8) is 0 Å². The topological polar surface area (TPSA) is 88.7 Å². The zero-order valence-corrected chi connectivity index (χ0v) is 18.8. The molecule has 1 aromatic heterocycles. The van der Waals surface area contributed by atoms with Gasteiger partial charge in [0.05, 0.1) is 15.4 Å². The lowest BCUT2D eigenvalue weighted by atomic mass is 9.94. The molecule has 2 aromatic rings. The van der Waals surface area contributed by atoms with E-state index in [0.717, 1.165) is 25.7 Å². The monoisotopic (exact) mass is 468 g/mol. The van der Waals surface area contributed by atoms with E-state index in [1.165, 1.54) is 24.2 Å². The third-order valence-electron chi connectivity index (χ3n) is 5.39. The van der Waals surface area contributed by atoms with Crippen LogP contribution >= 0.6 is 23.4 Å². The third-order valence-corrected chi connectivity index (χ3v) is 6.68. The van der Waals surface area contributed by atoms with Gasteiger partial charge in [-0.3, -0.25) is 19.8 Å². The highest BCUT2D eigenvalue weighted by atomic mass is 35.5. The lowest BCUT2D eigenvalue weighted by Crippen LogP contribution is -2.40. The van der Waals surface area contributed by atoms with Gasteiger partial charge < -0.3 is 0 Å². The number of aromatic nitrogens is 1. The number of nitrogens with zero attached hydrogens (tertiary/aromatic N) is 4. The fraction of sp³-hybridized carbons (Fsp3) is 0.261. The Labute approximate surface area is 195 Å². The Morgan fingerprint density at radius 1 is 1.19 bits per heavy atom. The van der Waals surface area contributed by atoms with Crippen LogP contribution in [0.25, 0.3) is 6.08 Å². The minimum Gasteiger partial charge on any atom is -0.283 e. The maximum Gasteiger partial charge on any atom is 0.276 e. The maximum absolute atomic E-state index is 13.3. The summed E-state index contributed by atoms with van der Waals surface area (Å²) in [7, 11) is 0. The van der Waals surface area contributed by atoms with E-state index in [1.54, 1.807) is 59.7 Å². The number of thioether (sulfide) groups is 1. The van der Waals surface area contributed by atoms with E-state index < -0.39 is 4.92 Å². The fourth-order valence-corrected chi connectivity index (χ4v) is 5.00. The number of nitro groups is 1. The van der Waals surface area contributed by atoms with Gasteiger partial charge >= 0.3 is 0 Å². The van der Waals surface area contributed by atoms with Crippen molar-refractivity contribution in [3.05, 3.63) is 80.5 Å². The molecular formula is C23H21ClN4O3S. The SMILES string of the molecule is O=C1/C(=C/C=C/c2ccccc2[N+](=O)[O-])SC(=Nc2cccnc2Cl)N1C1CCCCC1. The summed E-state index contributed by atoms with van der Waals surface area (Å²) in [5.74, 6) is -0.104. The summed E-state index contributed by atoms with van der Waals surface area (Å²) < 4.78 is 0. The number of nitro benzene ring substituents is 1. The molecule has 2 aliphatic rings. The number of hydrogen-bond donors (Lipinski definition) is 0. The van der Waals surface area contributed by atoms with Crippen LogP contribution in [0.3, 0.4) is 0 Å². The quantitative estimate of drug-likeness (QED) is 0.227. The molecule has 0 unspecified atom stereocenters. The minimum atomic E-state index is -0.421. The van der Waals surface area contributed by atoms with Crippen LogP contribution in [0.1, 0.15) is 37.7 Å². The van der Waals surface area contributed by atoms with Gasteiger partial charge in [-0.15, -0.1) is 0 Å². The van der Waals surface area contributed by atoms with Crippen LogP contribution in [0.5, 0.6) is 0 Å². The summed E-state index contributed by atoms with van der Waals surface area (Å²) in [6.07, 6.45) is 11.8. The summed E-state index contributed by atoms with van der Waals surface area (Å²) in [5.41, 5.74) is 1.01. The van der Waals surface area contributed by atoms with Crippen molar-refractivity contribution in [3.8, 4) is 0 Å². The minimum absolute atomic E-state index is 0.0184. The molecule has 1 amide bonds. The maximum atomic E-state index is 13.3. The first kappa shape index (κ1) is 22.2. The van der Waals surface area contributed by atoms with Gasteiger partial charge in [0.2, 0.25) is 0 Å². The number of halogens is 1. The van der Waals surface area contributed by atoms with Crippen LogP contribution in [-0.4, -0.2) is 31.9 Å². The highest BCUT2D eigenvalue weighted by Crippen LogP contribution is 2.38. The first-order valence-corrected chi connectivity index (χ1v) is 11.6. The molecule has 0 N–H and O–H groups in total. The molecule has 0 radical (unpaired) electrons. The number of amides is 1. The van der Waals surface area contributed by atoms with Crippen molar-refractivity contribution in [1.29, 1.82) is 0 Å². The standard InChI is InChI=1S/C23H21ClN4O3S/c24-21-18(12-7-15-25-21)26-23-27(17-10-2-1-3-11-17)22(29)20(32-23)14-6-9-16-8-4-5-13-19(16)28(30)31/h4-9,12-15,17H,1-3,10-11H2/b9-6+,20-14-,26-23?. The number of carbonyl (C=O) groups is 1. The van der Waals surface area contributed by atoms with Gasteiger partial charge in [-0.25, -0.2) is 9.98 Å². The number of hydrogen-bond acceptors (Lipinski definition) is 6. The lowest BCUT2D eigenvalue weighted by molar-refractivity contribution is -0.385. The number of carbonyl (C=O) groups excluding carboxylic acids is 1. The van der Waals surface area contributed by atoms with Crippen LogP contribution in [0, 0.1) is 10.1 Å². The number of pyridine rings is 1. The van der Waals surface area contributed by atoms with Crippen molar-refractivity contribution >= 4 is 51.9 Å². The van der Waals surface area contributed by atoms with E-state index >= 15 is 0 Å². The first-order valence-electron chi connectivity index (χ1n) is 10.4. The van der Waals surface area contributed by atoms with Gasteiger partial charge in [0.1, 0.15) is 5.69 Å². The molecule has 32 heavy (non-hydrogen) atoms. The average molecular weight is 469 g/mol. The second-order valence-electron chi connectivity index (χ2n) is 7.48. The summed E-state index contributed by atoms with van der Waals surface area (Å²) in [5, 5.41) is 12.1. The van der Waals surface area contributed by atoms with Crippen molar-refractivity contribution < 1.29 is 9.72 Å². The number of aliphatic imine (C=N–C) groups is 1. The Balaban J connectivity index is 1.64. The zero-order chi connectivity index (χ0) is 22.5. The Morgan fingerprint density at radius 3 is 2.72 bits per heavy atom. The van der Waals surface area contributed by atoms with Crippen LogP contribution in [0.2, 0.25) is 5.15 Å². The lowest BCUT2D eigenvalue weighted by Gasteiger charge is -2.30. The van der Waals surface area contributed by atoms with E-state index in [2.05, 4.69) is 9.98 Å².